The molecule has 6 nitrogen and oxygen atoms in total. The molecule has 116 valence electrons. The van der Waals surface area contributed by atoms with E-state index in [1.807, 2.05) is 12.1 Å². The zero-order chi connectivity index (χ0) is 15.8. The van der Waals surface area contributed by atoms with E-state index in [-0.39, 0.29) is 0 Å². The highest BCUT2D eigenvalue weighted by molar-refractivity contribution is 5.92. The Kier molecular flexibility index (Phi) is 6.52. The Labute approximate surface area is 125 Å². The standard InChI is InChI=1S/C15H23N3O3/c1-4-13(14(19)20)17-15(21)16-11-7-9-12(10-8-11)18(5-2)6-3/h7-10,13H,4-6H2,1-3H3,(H,19,20)(H2,16,17,21)/t13-/m1/s1. The molecule has 2 amide bonds. The van der Waals surface area contributed by atoms with Crippen LogP contribution < -0.4 is 15.5 Å². The molecule has 0 heterocycles. The number of carbonyl (C=O) groups excluding carboxylic acids is 1. The van der Waals surface area contributed by atoms with Gasteiger partial charge in [0.15, 0.2) is 0 Å². The van der Waals surface area contributed by atoms with Crippen molar-refractivity contribution in [1.82, 2.24) is 5.32 Å². The van der Waals surface area contributed by atoms with Crippen LogP contribution in [0.5, 0.6) is 0 Å². The Morgan fingerprint density at radius 1 is 1.14 bits per heavy atom. The highest BCUT2D eigenvalue weighted by atomic mass is 16.4. The van der Waals surface area contributed by atoms with Gasteiger partial charge < -0.3 is 20.6 Å². The fraction of sp³-hybridized carbons (Fsp3) is 0.467. The van der Waals surface area contributed by atoms with Crippen molar-refractivity contribution in [1.29, 1.82) is 0 Å². The van der Waals surface area contributed by atoms with Gasteiger partial charge in [0.2, 0.25) is 0 Å². The van der Waals surface area contributed by atoms with E-state index in [9.17, 15) is 9.59 Å². The van der Waals surface area contributed by atoms with Crippen molar-refractivity contribution >= 4 is 23.4 Å². The third-order valence-electron chi connectivity index (χ3n) is 3.27. The molecule has 0 fully saturated rings. The minimum Gasteiger partial charge on any atom is -0.480 e. The van der Waals surface area contributed by atoms with Crippen LogP contribution >= 0.6 is 0 Å². The molecule has 3 N–H and O–H groups in total. The van der Waals surface area contributed by atoms with E-state index in [0.29, 0.717) is 12.1 Å². The highest BCUT2D eigenvalue weighted by Gasteiger charge is 2.17. The van der Waals surface area contributed by atoms with Crippen LogP contribution in [-0.2, 0) is 4.79 Å². The van der Waals surface area contributed by atoms with E-state index >= 15 is 0 Å². The van der Waals surface area contributed by atoms with Crippen molar-refractivity contribution in [3.05, 3.63) is 24.3 Å². The second kappa shape index (κ2) is 8.14. The summed E-state index contributed by atoms with van der Waals surface area (Å²) in [7, 11) is 0. The third kappa shape index (κ3) is 4.98. The molecule has 0 saturated carbocycles. The van der Waals surface area contributed by atoms with Crippen LogP contribution in [0.1, 0.15) is 27.2 Å². The summed E-state index contributed by atoms with van der Waals surface area (Å²) < 4.78 is 0. The van der Waals surface area contributed by atoms with E-state index < -0.39 is 18.0 Å². The van der Waals surface area contributed by atoms with Gasteiger partial charge >= 0.3 is 12.0 Å². The van der Waals surface area contributed by atoms with Crippen molar-refractivity contribution in [2.75, 3.05) is 23.3 Å². The molecule has 0 bridgehead atoms. The van der Waals surface area contributed by atoms with Gasteiger partial charge in [0, 0.05) is 24.5 Å². The van der Waals surface area contributed by atoms with Gasteiger partial charge in [-0.3, -0.25) is 0 Å². The number of nitrogens with one attached hydrogen (secondary N) is 2. The van der Waals surface area contributed by atoms with Gasteiger partial charge in [-0.05, 0) is 44.5 Å². The fourth-order valence-electron chi connectivity index (χ4n) is 2.01. The maximum atomic E-state index is 11.7. The Bertz CT molecular complexity index is 470. The van der Waals surface area contributed by atoms with Crippen LogP contribution in [0.3, 0.4) is 0 Å². The predicted octanol–water partition coefficient (Wildman–Crippen LogP) is 2.52. The number of hydrogen-bond donors (Lipinski definition) is 3. The van der Waals surface area contributed by atoms with Crippen molar-refractivity contribution in [2.24, 2.45) is 0 Å². The lowest BCUT2D eigenvalue weighted by molar-refractivity contribution is -0.139. The van der Waals surface area contributed by atoms with Gasteiger partial charge in [-0.1, -0.05) is 6.92 Å². The van der Waals surface area contributed by atoms with Gasteiger partial charge in [0.1, 0.15) is 6.04 Å². The van der Waals surface area contributed by atoms with Gasteiger partial charge in [-0.15, -0.1) is 0 Å². The lowest BCUT2D eigenvalue weighted by Gasteiger charge is -2.21. The minimum absolute atomic E-state index is 0.337. The Morgan fingerprint density at radius 3 is 2.14 bits per heavy atom. The number of urea groups is 1. The Morgan fingerprint density at radius 2 is 1.71 bits per heavy atom. The lowest BCUT2D eigenvalue weighted by atomic mass is 10.2. The lowest BCUT2D eigenvalue weighted by Crippen LogP contribution is -2.42. The number of nitrogens with zero attached hydrogens (tertiary/aromatic N) is 1. The second-order valence-electron chi connectivity index (χ2n) is 4.62. The van der Waals surface area contributed by atoms with Crippen molar-refractivity contribution in [3.8, 4) is 0 Å². The monoisotopic (exact) mass is 293 g/mol. The zero-order valence-electron chi connectivity index (χ0n) is 12.7. The van der Waals surface area contributed by atoms with E-state index in [4.69, 9.17) is 5.11 Å². The van der Waals surface area contributed by atoms with Crippen LogP contribution in [0, 0.1) is 0 Å². The zero-order valence-corrected chi connectivity index (χ0v) is 12.7. The topological polar surface area (TPSA) is 81.7 Å². The number of rotatable bonds is 7. The minimum atomic E-state index is -1.04. The molecular formula is C15H23N3O3. The van der Waals surface area contributed by atoms with Gasteiger partial charge in [-0.2, -0.15) is 0 Å². The maximum Gasteiger partial charge on any atom is 0.326 e. The first-order valence-electron chi connectivity index (χ1n) is 7.17. The largest absolute Gasteiger partial charge is 0.480 e. The molecular weight excluding hydrogens is 270 g/mol. The first kappa shape index (κ1) is 16.8. The van der Waals surface area contributed by atoms with Crippen molar-refractivity contribution in [3.63, 3.8) is 0 Å². The first-order chi connectivity index (χ1) is 10.0. The predicted molar refractivity (Wildman–Crippen MR) is 83.9 cm³/mol. The summed E-state index contributed by atoms with van der Waals surface area (Å²) in [5.74, 6) is -1.04. The average Bonchev–Trinajstić information content (AvgIpc) is 2.47. The van der Waals surface area contributed by atoms with Gasteiger partial charge in [-0.25, -0.2) is 9.59 Å². The summed E-state index contributed by atoms with van der Waals surface area (Å²) >= 11 is 0. The van der Waals surface area contributed by atoms with Crippen LogP contribution in [0.15, 0.2) is 24.3 Å². The van der Waals surface area contributed by atoms with E-state index in [2.05, 4.69) is 29.4 Å². The molecule has 0 aliphatic heterocycles. The molecule has 21 heavy (non-hydrogen) atoms. The van der Waals surface area contributed by atoms with Crippen LogP contribution in [-0.4, -0.2) is 36.2 Å². The van der Waals surface area contributed by atoms with Gasteiger partial charge in [0.05, 0.1) is 0 Å². The number of anilines is 2. The summed E-state index contributed by atoms with van der Waals surface area (Å²) in [4.78, 5) is 24.8. The molecule has 1 aromatic carbocycles. The molecule has 0 unspecified atom stereocenters. The third-order valence-corrected chi connectivity index (χ3v) is 3.27. The number of carboxylic acids is 1. The van der Waals surface area contributed by atoms with Crippen LogP contribution in [0.25, 0.3) is 0 Å². The smallest absolute Gasteiger partial charge is 0.326 e. The van der Waals surface area contributed by atoms with Crippen molar-refractivity contribution < 1.29 is 14.7 Å². The molecule has 0 saturated heterocycles. The van der Waals surface area contributed by atoms with Crippen LogP contribution in [0.4, 0.5) is 16.2 Å². The normalized spacial score (nSPS) is 11.6. The number of benzene rings is 1. The van der Waals surface area contributed by atoms with E-state index in [1.165, 1.54) is 0 Å². The number of aliphatic carboxylic acids is 1. The fourth-order valence-corrected chi connectivity index (χ4v) is 2.01. The maximum absolute atomic E-state index is 11.7. The van der Waals surface area contributed by atoms with E-state index in [0.717, 1.165) is 18.8 Å². The van der Waals surface area contributed by atoms with E-state index in [1.54, 1.807) is 19.1 Å². The number of amides is 2. The highest BCUT2D eigenvalue weighted by Crippen LogP contribution is 2.17. The Balaban J connectivity index is 2.63. The Hall–Kier alpha value is -2.24. The molecule has 0 spiro atoms. The number of carboxylic acid groups (broad SMARTS) is 1. The molecule has 0 radical (unpaired) electrons. The molecule has 0 aromatic heterocycles. The summed E-state index contributed by atoms with van der Waals surface area (Å²) in [5.41, 5.74) is 1.71. The molecule has 6 heteroatoms. The van der Waals surface area contributed by atoms with Crippen molar-refractivity contribution in [2.45, 2.75) is 33.2 Å². The summed E-state index contributed by atoms with van der Waals surface area (Å²) in [5, 5.41) is 13.9. The summed E-state index contributed by atoms with van der Waals surface area (Å²) in [6, 6.07) is 6.07. The summed E-state index contributed by atoms with van der Waals surface area (Å²) in [6.07, 6.45) is 0.337. The molecule has 1 rings (SSSR count). The SMILES string of the molecule is CC[C@@H](NC(=O)Nc1ccc(N(CC)CC)cc1)C(=O)O. The molecule has 0 aliphatic carbocycles. The number of carbonyl (C=O) groups is 2. The molecule has 1 aromatic rings. The number of hydrogen-bond acceptors (Lipinski definition) is 3. The quantitative estimate of drug-likeness (QED) is 0.721. The molecule has 1 atom stereocenters. The second-order valence-corrected chi connectivity index (χ2v) is 4.62. The van der Waals surface area contributed by atoms with Gasteiger partial charge in [0.25, 0.3) is 0 Å². The van der Waals surface area contributed by atoms with Crippen LogP contribution in [0.2, 0.25) is 0 Å². The average molecular weight is 293 g/mol. The summed E-state index contributed by atoms with van der Waals surface area (Å²) in [6.45, 7) is 7.71. The molecule has 0 aliphatic rings. The first-order valence-corrected chi connectivity index (χ1v) is 7.17.